The minimum Gasteiger partial charge on any atom is -0.493 e. The van der Waals surface area contributed by atoms with Gasteiger partial charge in [0.2, 0.25) is 5.91 Å². The van der Waals surface area contributed by atoms with Crippen molar-refractivity contribution >= 4 is 11.8 Å². The van der Waals surface area contributed by atoms with E-state index in [1.807, 2.05) is 4.90 Å². The van der Waals surface area contributed by atoms with E-state index in [-0.39, 0.29) is 67.4 Å². The van der Waals surface area contributed by atoms with Crippen molar-refractivity contribution in [2.75, 3.05) is 19.7 Å². The Kier molecular flexibility index (Phi) is 8.88. The maximum atomic E-state index is 14.6. The van der Waals surface area contributed by atoms with Crippen molar-refractivity contribution in [3.05, 3.63) is 89.2 Å². The van der Waals surface area contributed by atoms with Gasteiger partial charge in [0, 0.05) is 49.3 Å². The van der Waals surface area contributed by atoms with E-state index in [9.17, 15) is 27.9 Å². The molecule has 3 aromatic carbocycles. The van der Waals surface area contributed by atoms with Crippen LogP contribution < -0.4 is 15.4 Å². The average molecular weight is 610 g/mol. The standard InChI is InChI=1S/C33H34F3N3O5/c34-21-6-9-24(27(36)14-21)19-5-8-25-30(13-19)43-12-11-23-7-10-29(40)31(44-23)16-37-33(42)28-15-22(38-32(25)41)18-39(28)17-20-3-1-2-4-26(20)35/h1-6,8-9,13-14,22-23,28-29,31,40H,7,10-12,15-18H2,(H,37,42)(H,38,41)/t22-,23-,28-,29-,31+/m0/s1. The van der Waals surface area contributed by atoms with Gasteiger partial charge in [-0.15, -0.1) is 0 Å². The van der Waals surface area contributed by atoms with Crippen molar-refractivity contribution in [2.45, 2.75) is 62.6 Å². The normalized spacial score (nSPS) is 26.3. The third-order valence-electron chi connectivity index (χ3n) is 8.60. The molecule has 2 amide bonds. The number of amides is 2. The van der Waals surface area contributed by atoms with Gasteiger partial charge in [0.05, 0.1) is 30.4 Å². The first kappa shape index (κ1) is 30.1. The molecule has 3 N–H and O–H groups in total. The van der Waals surface area contributed by atoms with Crippen molar-refractivity contribution in [2.24, 2.45) is 0 Å². The lowest BCUT2D eigenvalue weighted by Crippen LogP contribution is -2.50. The molecule has 3 aliphatic rings. The molecule has 2 saturated heterocycles. The van der Waals surface area contributed by atoms with Gasteiger partial charge in [-0.1, -0.05) is 24.3 Å². The van der Waals surface area contributed by atoms with E-state index in [2.05, 4.69) is 10.6 Å². The van der Waals surface area contributed by atoms with Gasteiger partial charge in [0.25, 0.3) is 5.91 Å². The van der Waals surface area contributed by atoms with Crippen LogP contribution in [0.25, 0.3) is 11.1 Å². The summed E-state index contributed by atoms with van der Waals surface area (Å²) in [5, 5.41) is 16.5. The Morgan fingerprint density at radius 2 is 1.75 bits per heavy atom. The zero-order valence-electron chi connectivity index (χ0n) is 24.0. The van der Waals surface area contributed by atoms with Gasteiger partial charge in [-0.25, -0.2) is 13.2 Å². The molecule has 0 aromatic heterocycles. The van der Waals surface area contributed by atoms with E-state index in [0.717, 1.165) is 12.1 Å². The summed E-state index contributed by atoms with van der Waals surface area (Å²) in [6.45, 7) is 0.733. The summed E-state index contributed by atoms with van der Waals surface area (Å²) in [6.07, 6.45) is 0.199. The molecule has 6 rings (SSSR count). The summed E-state index contributed by atoms with van der Waals surface area (Å²) < 4.78 is 55.0. The number of fused-ring (bicyclic) bond motifs is 5. The highest BCUT2D eigenvalue weighted by Gasteiger charge is 2.39. The van der Waals surface area contributed by atoms with Gasteiger partial charge >= 0.3 is 0 Å². The number of nitrogens with zero attached hydrogens (tertiary/aromatic N) is 1. The molecule has 3 aliphatic heterocycles. The van der Waals surface area contributed by atoms with Gasteiger partial charge in [-0.3, -0.25) is 14.5 Å². The number of hydrogen-bond acceptors (Lipinski definition) is 6. The summed E-state index contributed by atoms with van der Waals surface area (Å²) in [5.41, 5.74) is 1.21. The van der Waals surface area contributed by atoms with Crippen molar-refractivity contribution in [3.63, 3.8) is 0 Å². The summed E-state index contributed by atoms with van der Waals surface area (Å²) in [5.74, 6) is -2.34. The molecule has 2 fully saturated rings. The SMILES string of the molecule is O=C1N[C@H]2C[C@@H](C(=O)NC[C@H]3O[C@H](CCOc4cc(-c5ccc(F)cc5F)ccc41)CC[C@@H]3O)N(Cc1ccccc1F)C2. The number of aliphatic hydroxyl groups excluding tert-OH is 1. The summed E-state index contributed by atoms with van der Waals surface area (Å²) in [4.78, 5) is 28.9. The number of hydrogen-bond donors (Lipinski definition) is 3. The number of halogens is 3. The van der Waals surface area contributed by atoms with Crippen LogP contribution in [0.15, 0.2) is 60.7 Å². The molecule has 0 aliphatic carbocycles. The van der Waals surface area contributed by atoms with E-state index in [4.69, 9.17) is 9.47 Å². The van der Waals surface area contributed by atoms with Crippen LogP contribution in [0.3, 0.4) is 0 Å². The molecule has 232 valence electrons. The van der Waals surface area contributed by atoms with E-state index in [0.29, 0.717) is 30.4 Å². The van der Waals surface area contributed by atoms with Crippen LogP contribution in [0.2, 0.25) is 0 Å². The molecule has 44 heavy (non-hydrogen) atoms. The molecule has 4 bridgehead atoms. The van der Waals surface area contributed by atoms with Crippen LogP contribution in [0.4, 0.5) is 13.2 Å². The summed E-state index contributed by atoms with van der Waals surface area (Å²) in [7, 11) is 0. The molecule has 0 saturated carbocycles. The van der Waals surface area contributed by atoms with E-state index < -0.39 is 41.8 Å². The highest BCUT2D eigenvalue weighted by atomic mass is 19.1. The Balaban J connectivity index is 1.31. The van der Waals surface area contributed by atoms with Crippen molar-refractivity contribution < 1.29 is 37.3 Å². The van der Waals surface area contributed by atoms with Crippen LogP contribution in [-0.2, 0) is 16.1 Å². The van der Waals surface area contributed by atoms with Crippen LogP contribution in [0.1, 0.15) is 41.6 Å². The Labute approximate surface area is 253 Å². The third-order valence-corrected chi connectivity index (χ3v) is 8.60. The Bertz CT molecular complexity index is 1540. The second-order valence-corrected chi connectivity index (χ2v) is 11.6. The van der Waals surface area contributed by atoms with Crippen LogP contribution in [-0.4, -0.2) is 71.9 Å². The van der Waals surface area contributed by atoms with E-state index in [1.165, 1.54) is 18.2 Å². The Hall–Kier alpha value is -3.93. The number of carbonyl (C=O) groups is 2. The molecule has 11 heteroatoms. The lowest BCUT2D eigenvalue weighted by atomic mass is 9.99. The van der Waals surface area contributed by atoms with Gasteiger partial charge in [-0.05, 0) is 55.2 Å². The summed E-state index contributed by atoms with van der Waals surface area (Å²) >= 11 is 0. The number of carbonyl (C=O) groups excluding carboxylic acids is 2. The van der Waals surface area contributed by atoms with Crippen LogP contribution in [0, 0.1) is 17.5 Å². The van der Waals surface area contributed by atoms with Gasteiger partial charge < -0.3 is 25.2 Å². The number of likely N-dealkylation sites (tertiary alicyclic amines) is 1. The minimum absolute atomic E-state index is 0.105. The zero-order valence-corrected chi connectivity index (χ0v) is 24.0. The molecule has 3 aromatic rings. The first-order chi connectivity index (χ1) is 21.2. The fraction of sp³-hybridized carbons (Fsp3) is 0.394. The van der Waals surface area contributed by atoms with Crippen molar-refractivity contribution in [1.29, 1.82) is 0 Å². The second-order valence-electron chi connectivity index (χ2n) is 11.6. The number of rotatable bonds is 3. The predicted molar refractivity (Wildman–Crippen MR) is 155 cm³/mol. The van der Waals surface area contributed by atoms with Crippen molar-refractivity contribution in [3.8, 4) is 16.9 Å². The zero-order chi connectivity index (χ0) is 30.8. The lowest BCUT2D eigenvalue weighted by molar-refractivity contribution is -0.133. The molecule has 0 radical (unpaired) electrons. The smallest absolute Gasteiger partial charge is 0.255 e. The lowest BCUT2D eigenvalue weighted by Gasteiger charge is -2.34. The fourth-order valence-electron chi connectivity index (χ4n) is 6.25. The minimum atomic E-state index is -0.745. The van der Waals surface area contributed by atoms with E-state index >= 15 is 0 Å². The van der Waals surface area contributed by atoms with Crippen molar-refractivity contribution in [1.82, 2.24) is 15.5 Å². The number of aliphatic hydroxyl groups is 1. The number of benzene rings is 3. The quantitative estimate of drug-likeness (QED) is 0.416. The molecular formula is C33H34F3N3O5. The maximum absolute atomic E-state index is 14.6. The topological polar surface area (TPSA) is 100 Å². The third kappa shape index (κ3) is 6.59. The number of ether oxygens (including phenoxy) is 2. The van der Waals surface area contributed by atoms with E-state index in [1.54, 1.807) is 30.3 Å². The maximum Gasteiger partial charge on any atom is 0.255 e. The molecule has 3 heterocycles. The van der Waals surface area contributed by atoms with Gasteiger partial charge in [-0.2, -0.15) is 0 Å². The molecule has 5 atom stereocenters. The molecular weight excluding hydrogens is 575 g/mol. The van der Waals surface area contributed by atoms with Crippen LogP contribution in [0.5, 0.6) is 5.75 Å². The first-order valence-electron chi connectivity index (χ1n) is 14.9. The molecule has 0 spiro atoms. The fourth-order valence-corrected chi connectivity index (χ4v) is 6.25. The Morgan fingerprint density at radius 3 is 2.57 bits per heavy atom. The Morgan fingerprint density at radius 1 is 0.932 bits per heavy atom. The summed E-state index contributed by atoms with van der Waals surface area (Å²) in [6, 6.07) is 13.2. The highest BCUT2D eigenvalue weighted by Crippen LogP contribution is 2.31. The van der Waals surface area contributed by atoms with Gasteiger partial charge in [0.1, 0.15) is 29.3 Å². The molecule has 0 unspecified atom stereocenters. The highest BCUT2D eigenvalue weighted by molar-refractivity contribution is 5.98. The predicted octanol–water partition coefficient (Wildman–Crippen LogP) is 3.95. The second kappa shape index (κ2) is 13.0. The van der Waals surface area contributed by atoms with Crippen LogP contribution >= 0.6 is 0 Å². The monoisotopic (exact) mass is 609 g/mol. The number of nitrogens with one attached hydrogen (secondary N) is 2. The average Bonchev–Trinajstić information content (AvgIpc) is 3.39. The van der Waals surface area contributed by atoms with Gasteiger partial charge in [0.15, 0.2) is 0 Å². The molecule has 8 nitrogen and oxygen atoms in total. The largest absolute Gasteiger partial charge is 0.493 e. The first-order valence-corrected chi connectivity index (χ1v) is 14.9.